The molecule has 0 amide bonds. The van der Waals surface area contributed by atoms with Crippen molar-refractivity contribution < 1.29 is 9.84 Å². The average molecular weight is 244 g/mol. The van der Waals surface area contributed by atoms with Crippen LogP contribution in [0.4, 0.5) is 0 Å². The second kappa shape index (κ2) is 7.31. The van der Waals surface area contributed by atoms with Gasteiger partial charge in [-0.1, -0.05) is 6.92 Å². The van der Waals surface area contributed by atoms with E-state index in [0.717, 1.165) is 39.1 Å². The molecule has 0 bridgehead atoms. The van der Waals surface area contributed by atoms with Crippen molar-refractivity contribution in [3.8, 4) is 0 Å². The molecule has 1 aliphatic rings. The summed E-state index contributed by atoms with van der Waals surface area (Å²) in [5.74, 6) is 0. The molecule has 4 nitrogen and oxygen atoms in total. The normalized spacial score (nSPS) is 24.2. The zero-order valence-corrected chi connectivity index (χ0v) is 11.3. The Hall–Kier alpha value is -0.160. The lowest BCUT2D eigenvalue weighted by Gasteiger charge is -2.26. The van der Waals surface area contributed by atoms with E-state index < -0.39 is 5.54 Å². The summed E-state index contributed by atoms with van der Waals surface area (Å²) in [7, 11) is 0. The number of aliphatic hydroxyl groups is 1. The molecule has 1 saturated heterocycles. The number of hydrogen-bond donors (Lipinski definition) is 2. The third kappa shape index (κ3) is 5.82. The lowest BCUT2D eigenvalue weighted by Crippen LogP contribution is -2.41. The van der Waals surface area contributed by atoms with Crippen LogP contribution in [0.25, 0.3) is 0 Å². The minimum Gasteiger partial charge on any atom is -0.394 e. The largest absolute Gasteiger partial charge is 0.394 e. The van der Waals surface area contributed by atoms with Crippen molar-refractivity contribution in [1.29, 1.82) is 0 Å². The molecule has 2 atom stereocenters. The van der Waals surface area contributed by atoms with Crippen LogP contribution in [0.2, 0.25) is 0 Å². The SMILES string of the molecule is CCN(CCCC(C)(N)CO)CC1CCCO1. The van der Waals surface area contributed by atoms with Crippen LogP contribution >= 0.6 is 0 Å². The molecule has 0 aliphatic carbocycles. The number of aliphatic hydroxyl groups excluding tert-OH is 1. The summed E-state index contributed by atoms with van der Waals surface area (Å²) in [6.07, 6.45) is 4.73. The van der Waals surface area contributed by atoms with Gasteiger partial charge in [0, 0.05) is 18.7 Å². The van der Waals surface area contributed by atoms with Crippen LogP contribution in [0.1, 0.15) is 39.5 Å². The van der Waals surface area contributed by atoms with E-state index >= 15 is 0 Å². The summed E-state index contributed by atoms with van der Waals surface area (Å²) in [5, 5.41) is 9.09. The third-order valence-corrected chi connectivity index (χ3v) is 3.52. The molecule has 0 aromatic heterocycles. The van der Waals surface area contributed by atoms with E-state index in [1.807, 2.05) is 6.92 Å². The average Bonchev–Trinajstić information content (AvgIpc) is 2.80. The highest BCUT2D eigenvalue weighted by Crippen LogP contribution is 2.14. The quantitative estimate of drug-likeness (QED) is 0.668. The van der Waals surface area contributed by atoms with Crippen molar-refractivity contribution in [3.63, 3.8) is 0 Å². The van der Waals surface area contributed by atoms with Crippen molar-refractivity contribution >= 4 is 0 Å². The molecule has 102 valence electrons. The molecule has 1 rings (SSSR count). The Morgan fingerprint density at radius 2 is 2.29 bits per heavy atom. The first-order valence-electron chi connectivity index (χ1n) is 6.81. The maximum atomic E-state index is 9.09. The van der Waals surface area contributed by atoms with Crippen LogP contribution in [0, 0.1) is 0 Å². The Kier molecular flexibility index (Phi) is 6.41. The first kappa shape index (κ1) is 14.9. The van der Waals surface area contributed by atoms with Gasteiger partial charge >= 0.3 is 0 Å². The van der Waals surface area contributed by atoms with E-state index in [4.69, 9.17) is 15.6 Å². The van der Waals surface area contributed by atoms with Gasteiger partial charge in [-0.2, -0.15) is 0 Å². The van der Waals surface area contributed by atoms with E-state index in [1.165, 1.54) is 12.8 Å². The Balaban J connectivity index is 2.17. The minimum absolute atomic E-state index is 0.0604. The fourth-order valence-electron chi connectivity index (χ4n) is 2.24. The highest BCUT2D eigenvalue weighted by Gasteiger charge is 2.20. The van der Waals surface area contributed by atoms with Gasteiger partial charge in [0.2, 0.25) is 0 Å². The van der Waals surface area contributed by atoms with Crippen molar-refractivity contribution in [2.24, 2.45) is 5.73 Å². The lowest BCUT2D eigenvalue weighted by atomic mass is 9.98. The van der Waals surface area contributed by atoms with Crippen molar-refractivity contribution in [2.45, 2.75) is 51.2 Å². The van der Waals surface area contributed by atoms with E-state index in [2.05, 4.69) is 11.8 Å². The second-order valence-electron chi connectivity index (χ2n) is 5.44. The topological polar surface area (TPSA) is 58.7 Å². The van der Waals surface area contributed by atoms with E-state index in [1.54, 1.807) is 0 Å². The van der Waals surface area contributed by atoms with Crippen molar-refractivity contribution in [3.05, 3.63) is 0 Å². The van der Waals surface area contributed by atoms with Gasteiger partial charge in [0.1, 0.15) is 0 Å². The molecule has 17 heavy (non-hydrogen) atoms. The number of nitrogens with two attached hydrogens (primary N) is 1. The summed E-state index contributed by atoms with van der Waals surface area (Å²) >= 11 is 0. The molecule has 1 aliphatic heterocycles. The van der Waals surface area contributed by atoms with Crippen LogP contribution in [-0.4, -0.2) is 54.5 Å². The van der Waals surface area contributed by atoms with Gasteiger partial charge in [0.15, 0.2) is 0 Å². The monoisotopic (exact) mass is 244 g/mol. The Morgan fingerprint density at radius 1 is 1.53 bits per heavy atom. The van der Waals surface area contributed by atoms with Gasteiger partial charge in [-0.05, 0) is 45.7 Å². The van der Waals surface area contributed by atoms with Crippen LogP contribution in [0.5, 0.6) is 0 Å². The summed E-state index contributed by atoms with van der Waals surface area (Å²) in [4.78, 5) is 2.42. The maximum Gasteiger partial charge on any atom is 0.0702 e. The number of rotatable bonds is 8. The Labute approximate surface area is 105 Å². The zero-order valence-electron chi connectivity index (χ0n) is 11.3. The van der Waals surface area contributed by atoms with Crippen molar-refractivity contribution in [2.75, 3.05) is 32.8 Å². The Bertz CT molecular complexity index is 204. The van der Waals surface area contributed by atoms with Crippen molar-refractivity contribution in [1.82, 2.24) is 4.90 Å². The molecule has 0 saturated carbocycles. The predicted molar refractivity (Wildman–Crippen MR) is 70.0 cm³/mol. The first-order valence-corrected chi connectivity index (χ1v) is 6.81. The van der Waals surface area contributed by atoms with Crippen LogP contribution in [0.15, 0.2) is 0 Å². The summed E-state index contributed by atoms with van der Waals surface area (Å²) in [6, 6.07) is 0. The zero-order chi connectivity index (χ0) is 12.7. The maximum absolute atomic E-state index is 9.09. The Morgan fingerprint density at radius 3 is 2.82 bits per heavy atom. The van der Waals surface area contributed by atoms with Gasteiger partial charge in [-0.3, -0.25) is 0 Å². The van der Waals surface area contributed by atoms with Gasteiger partial charge in [0.05, 0.1) is 12.7 Å². The number of hydrogen-bond acceptors (Lipinski definition) is 4. The van der Waals surface area contributed by atoms with Gasteiger partial charge in [0.25, 0.3) is 0 Å². The highest BCUT2D eigenvalue weighted by atomic mass is 16.5. The van der Waals surface area contributed by atoms with E-state index in [9.17, 15) is 0 Å². The number of likely N-dealkylation sites (N-methyl/N-ethyl adjacent to an activating group) is 1. The van der Waals surface area contributed by atoms with E-state index in [-0.39, 0.29) is 6.61 Å². The molecule has 0 aromatic carbocycles. The molecule has 3 N–H and O–H groups in total. The van der Waals surface area contributed by atoms with Crippen LogP contribution in [-0.2, 0) is 4.74 Å². The second-order valence-corrected chi connectivity index (χ2v) is 5.44. The molecular formula is C13H28N2O2. The minimum atomic E-state index is -0.427. The van der Waals surface area contributed by atoms with Crippen LogP contribution < -0.4 is 5.73 Å². The predicted octanol–water partition coefficient (Wildman–Crippen LogP) is 0.977. The molecule has 2 unspecified atom stereocenters. The summed E-state index contributed by atoms with van der Waals surface area (Å²) < 4.78 is 5.65. The summed E-state index contributed by atoms with van der Waals surface area (Å²) in [5.41, 5.74) is 5.49. The van der Waals surface area contributed by atoms with Crippen LogP contribution in [0.3, 0.4) is 0 Å². The number of nitrogens with zero attached hydrogens (tertiary/aromatic N) is 1. The van der Waals surface area contributed by atoms with E-state index in [0.29, 0.717) is 6.10 Å². The number of ether oxygens (including phenoxy) is 1. The molecule has 4 heteroatoms. The molecular weight excluding hydrogens is 216 g/mol. The molecule has 0 aromatic rings. The smallest absolute Gasteiger partial charge is 0.0702 e. The molecule has 0 spiro atoms. The molecule has 0 radical (unpaired) electrons. The van der Waals surface area contributed by atoms with Gasteiger partial charge in [-0.15, -0.1) is 0 Å². The highest BCUT2D eigenvalue weighted by molar-refractivity contribution is 4.78. The lowest BCUT2D eigenvalue weighted by molar-refractivity contribution is 0.0732. The fourth-order valence-corrected chi connectivity index (χ4v) is 2.24. The van der Waals surface area contributed by atoms with Gasteiger partial charge < -0.3 is 20.5 Å². The molecule has 1 heterocycles. The molecule has 1 fully saturated rings. The standard InChI is InChI=1S/C13H28N2O2/c1-3-15(10-12-6-4-9-17-12)8-5-7-13(2,14)11-16/h12,16H,3-11,14H2,1-2H3. The third-order valence-electron chi connectivity index (χ3n) is 3.52. The first-order chi connectivity index (χ1) is 8.07. The van der Waals surface area contributed by atoms with Gasteiger partial charge in [-0.25, -0.2) is 0 Å². The fraction of sp³-hybridized carbons (Fsp3) is 1.00. The summed E-state index contributed by atoms with van der Waals surface area (Å²) in [6.45, 7) is 8.21.